The molecule has 1 heterocycles. The lowest BCUT2D eigenvalue weighted by atomic mass is 9.99. The number of halogens is 1. The Morgan fingerprint density at radius 2 is 1.60 bits per heavy atom. The number of aryl methyl sites for hydroxylation is 1. The van der Waals surface area contributed by atoms with Crippen molar-refractivity contribution < 1.29 is 37.7 Å². The average Bonchev–Trinajstić information content (AvgIpc) is 2.95. The van der Waals surface area contributed by atoms with E-state index < -0.39 is 12.1 Å². The summed E-state index contributed by atoms with van der Waals surface area (Å²) in [5.41, 5.74) is 2.51. The predicted molar refractivity (Wildman–Crippen MR) is 151 cm³/mol. The highest BCUT2D eigenvalue weighted by Gasteiger charge is 2.22. The van der Waals surface area contributed by atoms with Crippen LogP contribution < -0.4 is 9.47 Å². The zero-order valence-electron chi connectivity index (χ0n) is 23.7. The molecule has 0 amide bonds. The molecule has 2 aromatic rings. The summed E-state index contributed by atoms with van der Waals surface area (Å²) in [5, 5.41) is 0. The molecular weight excluding hydrogens is 515 g/mol. The Hall–Kier alpha value is -3.55. The molecule has 0 unspecified atom stereocenters. The summed E-state index contributed by atoms with van der Waals surface area (Å²) in [6.07, 6.45) is 8.38. The maximum absolute atomic E-state index is 15.0. The SMILES string of the molecule is C=C(C)C(=O)OCCOc1cc(-c2ccc(CCCCCCCCC)c(F)c2)ccc1OCC1COC(=O)OC1. The van der Waals surface area contributed by atoms with Crippen LogP contribution in [0.25, 0.3) is 11.1 Å². The molecule has 0 aromatic heterocycles. The first-order valence-electron chi connectivity index (χ1n) is 14.2. The Labute approximate surface area is 236 Å². The number of esters is 1. The molecule has 0 bridgehead atoms. The molecular formula is C32H41FO7. The van der Waals surface area contributed by atoms with Crippen molar-refractivity contribution in [3.05, 3.63) is 59.9 Å². The quantitative estimate of drug-likeness (QED) is 0.114. The minimum absolute atomic E-state index is 0.0315. The number of hydrogen-bond donors (Lipinski definition) is 0. The maximum atomic E-state index is 15.0. The van der Waals surface area contributed by atoms with Crippen LogP contribution in [0.15, 0.2) is 48.6 Å². The van der Waals surface area contributed by atoms with Gasteiger partial charge in [0, 0.05) is 5.57 Å². The third-order valence-electron chi connectivity index (χ3n) is 6.65. The smallest absolute Gasteiger partial charge is 0.489 e. The van der Waals surface area contributed by atoms with E-state index in [1.54, 1.807) is 25.1 Å². The van der Waals surface area contributed by atoms with Gasteiger partial charge in [0.2, 0.25) is 0 Å². The van der Waals surface area contributed by atoms with Gasteiger partial charge in [0.1, 0.15) is 32.2 Å². The first-order valence-corrected chi connectivity index (χ1v) is 14.2. The van der Waals surface area contributed by atoms with Gasteiger partial charge in [0.05, 0.1) is 12.5 Å². The van der Waals surface area contributed by atoms with Crippen molar-refractivity contribution in [2.75, 3.05) is 33.0 Å². The molecule has 0 N–H and O–H groups in total. The fraction of sp³-hybridized carbons (Fsp3) is 0.500. The van der Waals surface area contributed by atoms with E-state index in [-0.39, 0.29) is 44.8 Å². The van der Waals surface area contributed by atoms with Crippen molar-refractivity contribution in [3.8, 4) is 22.6 Å². The molecule has 1 fully saturated rings. The van der Waals surface area contributed by atoms with E-state index in [1.807, 2.05) is 18.2 Å². The number of ether oxygens (including phenoxy) is 5. The van der Waals surface area contributed by atoms with Gasteiger partial charge in [-0.3, -0.25) is 0 Å². The largest absolute Gasteiger partial charge is 0.508 e. The molecule has 0 atom stereocenters. The fourth-order valence-electron chi connectivity index (χ4n) is 4.30. The van der Waals surface area contributed by atoms with Gasteiger partial charge in [0.25, 0.3) is 0 Å². The first kappa shape index (κ1) is 31.0. The molecule has 40 heavy (non-hydrogen) atoms. The van der Waals surface area contributed by atoms with Crippen molar-refractivity contribution in [1.29, 1.82) is 0 Å². The van der Waals surface area contributed by atoms with E-state index in [0.29, 0.717) is 17.1 Å². The highest BCUT2D eigenvalue weighted by Crippen LogP contribution is 2.34. The van der Waals surface area contributed by atoms with Crippen LogP contribution in [0.5, 0.6) is 11.5 Å². The van der Waals surface area contributed by atoms with E-state index in [4.69, 9.17) is 23.7 Å². The molecule has 1 aliphatic rings. The van der Waals surface area contributed by atoms with E-state index in [9.17, 15) is 14.0 Å². The monoisotopic (exact) mass is 556 g/mol. The van der Waals surface area contributed by atoms with Crippen molar-refractivity contribution in [2.24, 2.45) is 5.92 Å². The molecule has 2 aromatic carbocycles. The Bertz CT molecular complexity index is 1120. The van der Waals surface area contributed by atoms with Crippen LogP contribution in [0.2, 0.25) is 0 Å². The van der Waals surface area contributed by atoms with Gasteiger partial charge in [-0.2, -0.15) is 0 Å². The molecule has 8 heteroatoms. The number of hydrogen-bond acceptors (Lipinski definition) is 7. The Morgan fingerprint density at radius 3 is 2.30 bits per heavy atom. The summed E-state index contributed by atoms with van der Waals surface area (Å²) in [7, 11) is 0. The molecule has 7 nitrogen and oxygen atoms in total. The van der Waals surface area contributed by atoms with E-state index in [0.717, 1.165) is 36.0 Å². The lowest BCUT2D eigenvalue weighted by Crippen LogP contribution is -2.31. The molecule has 0 radical (unpaired) electrons. The highest BCUT2D eigenvalue weighted by molar-refractivity contribution is 5.86. The molecule has 1 saturated heterocycles. The van der Waals surface area contributed by atoms with Gasteiger partial charge < -0.3 is 23.7 Å². The van der Waals surface area contributed by atoms with Gasteiger partial charge in [0.15, 0.2) is 11.5 Å². The van der Waals surface area contributed by atoms with Crippen LogP contribution in [0.4, 0.5) is 9.18 Å². The van der Waals surface area contributed by atoms with Crippen molar-refractivity contribution in [1.82, 2.24) is 0 Å². The third-order valence-corrected chi connectivity index (χ3v) is 6.65. The van der Waals surface area contributed by atoms with Crippen LogP contribution in [0.1, 0.15) is 64.4 Å². The lowest BCUT2D eigenvalue weighted by Gasteiger charge is -2.22. The topological polar surface area (TPSA) is 80.3 Å². The van der Waals surface area contributed by atoms with Crippen molar-refractivity contribution in [3.63, 3.8) is 0 Å². The second-order valence-electron chi connectivity index (χ2n) is 10.2. The average molecular weight is 557 g/mol. The van der Waals surface area contributed by atoms with Gasteiger partial charge >= 0.3 is 12.1 Å². The number of carbonyl (C=O) groups excluding carboxylic acids is 2. The number of carbonyl (C=O) groups is 2. The van der Waals surface area contributed by atoms with E-state index in [1.165, 1.54) is 32.1 Å². The number of cyclic esters (lactones) is 2. The van der Waals surface area contributed by atoms with Crippen LogP contribution in [-0.2, 0) is 25.4 Å². The van der Waals surface area contributed by atoms with Crippen LogP contribution >= 0.6 is 0 Å². The van der Waals surface area contributed by atoms with E-state index >= 15 is 0 Å². The van der Waals surface area contributed by atoms with Crippen molar-refractivity contribution in [2.45, 2.75) is 65.2 Å². The van der Waals surface area contributed by atoms with Crippen molar-refractivity contribution >= 4 is 12.1 Å². The summed E-state index contributed by atoms with van der Waals surface area (Å²) < 4.78 is 41.8. The summed E-state index contributed by atoms with van der Waals surface area (Å²) >= 11 is 0. The van der Waals surface area contributed by atoms with Gasteiger partial charge in [-0.25, -0.2) is 14.0 Å². The van der Waals surface area contributed by atoms with Crippen LogP contribution in [-0.4, -0.2) is 45.2 Å². The Balaban J connectivity index is 1.64. The fourth-order valence-corrected chi connectivity index (χ4v) is 4.30. The zero-order chi connectivity index (χ0) is 28.7. The minimum Gasteiger partial charge on any atom is -0.489 e. The number of rotatable bonds is 17. The molecule has 0 saturated carbocycles. The highest BCUT2D eigenvalue weighted by atomic mass is 19.1. The summed E-state index contributed by atoms with van der Waals surface area (Å²) in [4.78, 5) is 22.8. The van der Waals surface area contributed by atoms with Gasteiger partial charge in [-0.05, 0) is 54.7 Å². The summed E-state index contributed by atoms with van der Waals surface area (Å²) in [5.74, 6) is 0.0466. The molecule has 1 aliphatic heterocycles. The minimum atomic E-state index is -0.686. The lowest BCUT2D eigenvalue weighted by molar-refractivity contribution is -0.139. The standard InChI is InChI=1S/C32H41FO7/c1-4-5-6-7-8-9-10-11-25-12-13-26(18-28(25)33)27-14-15-29(38-20-24-21-39-32(35)40-22-24)30(19-27)36-16-17-37-31(34)23(2)3/h12-15,18-19,24H,2,4-11,16-17,20-22H2,1,3H3. The first-order chi connectivity index (χ1) is 19.4. The second kappa shape index (κ2) is 16.5. The molecule has 0 spiro atoms. The number of benzene rings is 2. The molecule has 0 aliphatic carbocycles. The maximum Gasteiger partial charge on any atom is 0.508 e. The van der Waals surface area contributed by atoms with Gasteiger partial charge in [-0.1, -0.05) is 70.2 Å². The molecule has 3 rings (SSSR count). The zero-order valence-corrected chi connectivity index (χ0v) is 23.7. The van der Waals surface area contributed by atoms with Crippen LogP contribution in [0, 0.1) is 11.7 Å². The second-order valence-corrected chi connectivity index (χ2v) is 10.2. The Morgan fingerprint density at radius 1 is 0.925 bits per heavy atom. The third kappa shape index (κ3) is 10.2. The number of unbranched alkanes of at least 4 members (excludes halogenated alkanes) is 6. The predicted octanol–water partition coefficient (Wildman–Crippen LogP) is 7.45. The summed E-state index contributed by atoms with van der Waals surface area (Å²) in [6, 6.07) is 10.7. The van der Waals surface area contributed by atoms with Crippen LogP contribution in [0.3, 0.4) is 0 Å². The summed E-state index contributed by atoms with van der Waals surface area (Å²) in [6.45, 7) is 8.12. The van der Waals surface area contributed by atoms with Gasteiger partial charge in [-0.15, -0.1) is 0 Å². The normalized spacial score (nSPS) is 13.3. The molecule has 218 valence electrons. The Kier molecular flexibility index (Phi) is 12.8. The van der Waals surface area contributed by atoms with E-state index in [2.05, 4.69) is 13.5 Å².